The third-order valence-corrected chi connectivity index (χ3v) is 4.10. The molecule has 0 bridgehead atoms. The van der Waals surface area contributed by atoms with Gasteiger partial charge in [-0.1, -0.05) is 30.3 Å². The fourth-order valence-electron chi connectivity index (χ4n) is 2.79. The number of rotatable bonds is 4. The van der Waals surface area contributed by atoms with Crippen molar-refractivity contribution in [3.63, 3.8) is 0 Å². The SMILES string of the molecule is CC(C)(C)N1CCN(CCCc2ccccc2)CC1. The van der Waals surface area contributed by atoms with Crippen LogP contribution in [0.3, 0.4) is 0 Å². The summed E-state index contributed by atoms with van der Waals surface area (Å²) in [5.74, 6) is 0. The van der Waals surface area contributed by atoms with Crippen LogP contribution < -0.4 is 0 Å². The normalized spacial score (nSPS) is 18.7. The van der Waals surface area contributed by atoms with Gasteiger partial charge in [-0.2, -0.15) is 0 Å². The molecule has 0 radical (unpaired) electrons. The van der Waals surface area contributed by atoms with Gasteiger partial charge >= 0.3 is 0 Å². The van der Waals surface area contributed by atoms with E-state index in [0.717, 1.165) is 0 Å². The minimum Gasteiger partial charge on any atom is -0.301 e. The van der Waals surface area contributed by atoms with Crippen molar-refractivity contribution in [3.8, 4) is 0 Å². The lowest BCUT2D eigenvalue weighted by Crippen LogP contribution is -2.53. The Morgan fingerprint density at radius 3 is 2.16 bits per heavy atom. The molecule has 2 rings (SSSR count). The summed E-state index contributed by atoms with van der Waals surface area (Å²) in [4.78, 5) is 5.21. The minimum absolute atomic E-state index is 0.329. The first-order valence-corrected chi connectivity index (χ1v) is 7.57. The van der Waals surface area contributed by atoms with Crippen LogP contribution in [0.5, 0.6) is 0 Å². The Morgan fingerprint density at radius 2 is 1.58 bits per heavy atom. The van der Waals surface area contributed by atoms with Crippen molar-refractivity contribution in [2.45, 2.75) is 39.2 Å². The van der Waals surface area contributed by atoms with Crippen molar-refractivity contribution in [2.24, 2.45) is 0 Å². The Morgan fingerprint density at radius 1 is 0.947 bits per heavy atom. The molecule has 0 saturated carbocycles. The van der Waals surface area contributed by atoms with Gasteiger partial charge in [0.25, 0.3) is 0 Å². The maximum Gasteiger partial charge on any atom is 0.0126 e. The van der Waals surface area contributed by atoms with E-state index in [4.69, 9.17) is 0 Å². The lowest BCUT2D eigenvalue weighted by atomic mass is 10.0. The molecule has 0 spiro atoms. The predicted octanol–water partition coefficient (Wildman–Crippen LogP) is 3.04. The number of benzene rings is 1. The summed E-state index contributed by atoms with van der Waals surface area (Å²) < 4.78 is 0. The Bertz CT molecular complexity index is 359. The first-order chi connectivity index (χ1) is 9.05. The van der Waals surface area contributed by atoms with Crippen LogP contribution in [-0.4, -0.2) is 48.1 Å². The zero-order chi connectivity index (χ0) is 13.7. The van der Waals surface area contributed by atoms with Crippen molar-refractivity contribution in [3.05, 3.63) is 35.9 Å². The summed E-state index contributed by atoms with van der Waals surface area (Å²) in [5, 5.41) is 0. The third kappa shape index (κ3) is 4.63. The highest BCUT2D eigenvalue weighted by molar-refractivity contribution is 5.14. The first-order valence-electron chi connectivity index (χ1n) is 7.57. The molecule has 106 valence electrons. The molecule has 1 aliphatic rings. The third-order valence-electron chi connectivity index (χ3n) is 4.10. The van der Waals surface area contributed by atoms with Crippen molar-refractivity contribution >= 4 is 0 Å². The van der Waals surface area contributed by atoms with Crippen LogP contribution in [0.2, 0.25) is 0 Å². The van der Waals surface area contributed by atoms with Crippen molar-refractivity contribution < 1.29 is 0 Å². The Labute approximate surface area is 118 Å². The van der Waals surface area contributed by atoms with Crippen LogP contribution in [0.15, 0.2) is 30.3 Å². The Hall–Kier alpha value is -0.860. The van der Waals surface area contributed by atoms with Gasteiger partial charge in [-0.05, 0) is 45.7 Å². The number of piperazine rings is 1. The van der Waals surface area contributed by atoms with Crippen LogP contribution in [0.1, 0.15) is 32.8 Å². The zero-order valence-corrected chi connectivity index (χ0v) is 12.7. The topological polar surface area (TPSA) is 6.48 Å². The summed E-state index contributed by atoms with van der Waals surface area (Å²) in [5.41, 5.74) is 1.80. The lowest BCUT2D eigenvalue weighted by Gasteiger charge is -2.42. The van der Waals surface area contributed by atoms with Gasteiger partial charge in [-0.25, -0.2) is 0 Å². The Kier molecular flexibility index (Phi) is 5.00. The van der Waals surface area contributed by atoms with E-state index in [0.29, 0.717) is 5.54 Å². The molecule has 2 heteroatoms. The monoisotopic (exact) mass is 260 g/mol. The van der Waals surface area contributed by atoms with Crippen LogP contribution in [0.4, 0.5) is 0 Å². The molecule has 0 N–H and O–H groups in total. The van der Waals surface area contributed by atoms with Crippen LogP contribution in [0, 0.1) is 0 Å². The molecule has 1 aromatic rings. The molecule has 0 aromatic heterocycles. The largest absolute Gasteiger partial charge is 0.301 e. The summed E-state index contributed by atoms with van der Waals surface area (Å²) in [6.07, 6.45) is 2.49. The quantitative estimate of drug-likeness (QED) is 0.821. The highest BCUT2D eigenvalue weighted by atomic mass is 15.3. The van der Waals surface area contributed by atoms with Gasteiger partial charge in [0.2, 0.25) is 0 Å². The van der Waals surface area contributed by atoms with Crippen LogP contribution >= 0.6 is 0 Å². The highest BCUT2D eigenvalue weighted by Crippen LogP contribution is 2.16. The molecular formula is C17H28N2. The van der Waals surface area contributed by atoms with Gasteiger partial charge in [0.1, 0.15) is 0 Å². The molecule has 0 atom stereocenters. The fourth-order valence-corrected chi connectivity index (χ4v) is 2.79. The second-order valence-electron chi connectivity index (χ2n) is 6.59. The molecule has 0 aliphatic carbocycles. The average molecular weight is 260 g/mol. The molecule has 19 heavy (non-hydrogen) atoms. The minimum atomic E-state index is 0.329. The van der Waals surface area contributed by atoms with Gasteiger partial charge < -0.3 is 4.90 Å². The summed E-state index contributed by atoms with van der Waals surface area (Å²) in [7, 11) is 0. The molecule has 0 amide bonds. The zero-order valence-electron chi connectivity index (χ0n) is 12.7. The van der Waals surface area contributed by atoms with Gasteiger partial charge in [0.05, 0.1) is 0 Å². The van der Waals surface area contributed by atoms with E-state index in [1.165, 1.54) is 51.1 Å². The van der Waals surface area contributed by atoms with Crippen LogP contribution in [-0.2, 0) is 6.42 Å². The first kappa shape index (κ1) is 14.5. The van der Waals surface area contributed by atoms with E-state index in [9.17, 15) is 0 Å². The maximum atomic E-state index is 2.62. The van der Waals surface area contributed by atoms with Crippen molar-refractivity contribution in [2.75, 3.05) is 32.7 Å². The number of hydrogen-bond donors (Lipinski definition) is 0. The van der Waals surface area contributed by atoms with E-state index in [1.807, 2.05) is 0 Å². The highest BCUT2D eigenvalue weighted by Gasteiger charge is 2.25. The maximum absolute atomic E-state index is 2.62. The fraction of sp³-hybridized carbons (Fsp3) is 0.647. The number of nitrogens with zero attached hydrogens (tertiary/aromatic N) is 2. The van der Waals surface area contributed by atoms with E-state index in [2.05, 4.69) is 60.9 Å². The average Bonchev–Trinajstić information content (AvgIpc) is 2.39. The number of hydrogen-bond acceptors (Lipinski definition) is 2. The summed E-state index contributed by atoms with van der Waals surface area (Å²) in [6.45, 7) is 13.1. The van der Waals surface area contributed by atoms with Crippen molar-refractivity contribution in [1.29, 1.82) is 0 Å². The second kappa shape index (κ2) is 6.53. The van der Waals surface area contributed by atoms with Crippen LogP contribution in [0.25, 0.3) is 0 Å². The molecule has 0 unspecified atom stereocenters. The number of aryl methyl sites for hydroxylation is 1. The molecule has 1 fully saturated rings. The van der Waals surface area contributed by atoms with E-state index < -0.39 is 0 Å². The van der Waals surface area contributed by atoms with Crippen molar-refractivity contribution in [1.82, 2.24) is 9.80 Å². The molecule has 1 saturated heterocycles. The molecule has 2 nitrogen and oxygen atoms in total. The second-order valence-corrected chi connectivity index (χ2v) is 6.59. The van der Waals surface area contributed by atoms with E-state index in [1.54, 1.807) is 0 Å². The summed E-state index contributed by atoms with van der Waals surface area (Å²) in [6, 6.07) is 10.8. The van der Waals surface area contributed by atoms with Gasteiger partial charge in [0.15, 0.2) is 0 Å². The predicted molar refractivity (Wildman–Crippen MR) is 82.5 cm³/mol. The summed E-state index contributed by atoms with van der Waals surface area (Å²) >= 11 is 0. The smallest absolute Gasteiger partial charge is 0.0126 e. The van der Waals surface area contributed by atoms with Gasteiger partial charge in [0, 0.05) is 31.7 Å². The molecule has 1 aliphatic heterocycles. The molecule has 1 aromatic carbocycles. The van der Waals surface area contributed by atoms with Gasteiger partial charge in [-0.3, -0.25) is 4.90 Å². The van der Waals surface area contributed by atoms with E-state index in [-0.39, 0.29) is 0 Å². The molecule has 1 heterocycles. The Balaban J connectivity index is 1.66. The standard InChI is InChI=1S/C17H28N2/c1-17(2,3)19-14-12-18(13-15-19)11-7-10-16-8-5-4-6-9-16/h4-6,8-9H,7,10-15H2,1-3H3. The molecular weight excluding hydrogens is 232 g/mol. The van der Waals surface area contributed by atoms with Gasteiger partial charge in [-0.15, -0.1) is 0 Å². The van der Waals surface area contributed by atoms with E-state index >= 15 is 0 Å². The lowest BCUT2D eigenvalue weighted by molar-refractivity contribution is 0.0619.